The van der Waals surface area contributed by atoms with Crippen molar-refractivity contribution in [3.63, 3.8) is 0 Å². The van der Waals surface area contributed by atoms with Gasteiger partial charge in [0, 0.05) is 5.02 Å². The van der Waals surface area contributed by atoms with Crippen LogP contribution >= 0.6 is 11.6 Å². The fraction of sp³-hybridized carbons (Fsp3) is 0.0714. The van der Waals surface area contributed by atoms with E-state index in [1.54, 1.807) is 24.3 Å². The molecule has 3 nitrogen and oxygen atoms in total. The number of carboxylic acids is 1. The molecule has 0 radical (unpaired) electrons. The van der Waals surface area contributed by atoms with Crippen molar-refractivity contribution < 1.29 is 9.90 Å². The molecule has 0 spiro atoms. The zero-order valence-corrected chi connectivity index (χ0v) is 10.2. The van der Waals surface area contributed by atoms with Crippen molar-refractivity contribution in [2.75, 3.05) is 0 Å². The number of hydrogen-bond acceptors (Lipinski definition) is 3. The summed E-state index contributed by atoms with van der Waals surface area (Å²) in [5, 5.41) is 11.3. The van der Waals surface area contributed by atoms with Gasteiger partial charge in [-0.25, -0.2) is 0 Å². The van der Waals surface area contributed by atoms with Gasteiger partial charge in [-0.1, -0.05) is 48.0 Å². The van der Waals surface area contributed by atoms with E-state index in [1.807, 2.05) is 12.1 Å². The zero-order chi connectivity index (χ0) is 13.1. The summed E-state index contributed by atoms with van der Waals surface area (Å²) >= 11 is 5.80. The first-order valence-electron chi connectivity index (χ1n) is 5.40. The Labute approximate surface area is 110 Å². The molecule has 0 aromatic heterocycles. The van der Waals surface area contributed by atoms with E-state index in [-0.39, 0.29) is 11.6 Å². The maximum absolute atomic E-state index is 10.6. The van der Waals surface area contributed by atoms with Gasteiger partial charge in [0.15, 0.2) is 0 Å². The minimum absolute atomic E-state index is 0.141. The number of aromatic carboxylic acids is 1. The van der Waals surface area contributed by atoms with Crippen LogP contribution in [0.1, 0.15) is 27.5 Å². The van der Waals surface area contributed by atoms with Gasteiger partial charge in [-0.2, -0.15) is 0 Å². The predicted molar refractivity (Wildman–Crippen MR) is 68.3 cm³/mol. The molecule has 0 amide bonds. The van der Waals surface area contributed by atoms with Gasteiger partial charge in [0.1, 0.15) is 0 Å². The molecule has 1 unspecified atom stereocenters. The zero-order valence-electron chi connectivity index (χ0n) is 9.47. The first-order valence-corrected chi connectivity index (χ1v) is 5.78. The van der Waals surface area contributed by atoms with Gasteiger partial charge in [-0.3, -0.25) is 0 Å². The summed E-state index contributed by atoms with van der Waals surface area (Å²) in [4.78, 5) is 10.6. The molecule has 2 rings (SSSR count). The molecule has 0 saturated heterocycles. The summed E-state index contributed by atoms with van der Waals surface area (Å²) in [5.41, 5.74) is 7.98. The maximum atomic E-state index is 10.6. The van der Waals surface area contributed by atoms with E-state index in [9.17, 15) is 9.90 Å². The molecule has 0 bridgehead atoms. The van der Waals surface area contributed by atoms with E-state index in [4.69, 9.17) is 17.3 Å². The Kier molecular flexibility index (Phi) is 3.65. The van der Waals surface area contributed by atoms with Crippen LogP contribution in [0.25, 0.3) is 0 Å². The highest BCUT2D eigenvalue weighted by Gasteiger charge is 2.08. The molecule has 0 aliphatic carbocycles. The summed E-state index contributed by atoms with van der Waals surface area (Å²) in [6, 6.07) is 13.3. The summed E-state index contributed by atoms with van der Waals surface area (Å²) in [7, 11) is 0. The minimum Gasteiger partial charge on any atom is -0.545 e. The summed E-state index contributed by atoms with van der Waals surface area (Å²) in [6.45, 7) is 0. The third kappa shape index (κ3) is 2.70. The number of benzene rings is 2. The SMILES string of the molecule is NC(c1ccc(Cl)cc1)c1ccc(C(=O)[O-])cc1. The fourth-order valence-corrected chi connectivity index (χ4v) is 1.82. The molecule has 2 N–H and O–H groups in total. The molecule has 0 saturated carbocycles. The van der Waals surface area contributed by atoms with Crippen molar-refractivity contribution in [1.29, 1.82) is 0 Å². The maximum Gasteiger partial charge on any atom is 0.0715 e. The average Bonchev–Trinajstić information content (AvgIpc) is 2.39. The lowest BCUT2D eigenvalue weighted by Gasteiger charge is -2.13. The fourth-order valence-electron chi connectivity index (χ4n) is 1.69. The Morgan fingerprint density at radius 3 is 1.89 bits per heavy atom. The summed E-state index contributed by atoms with van der Waals surface area (Å²) in [6.07, 6.45) is 0. The van der Waals surface area contributed by atoms with Gasteiger partial charge in [0.25, 0.3) is 0 Å². The van der Waals surface area contributed by atoms with Crippen LogP contribution in [0.5, 0.6) is 0 Å². The first kappa shape index (κ1) is 12.6. The highest BCUT2D eigenvalue weighted by Crippen LogP contribution is 2.21. The molecule has 4 heteroatoms. The lowest BCUT2D eigenvalue weighted by molar-refractivity contribution is -0.255. The van der Waals surface area contributed by atoms with E-state index in [0.29, 0.717) is 5.02 Å². The molecule has 2 aromatic carbocycles. The van der Waals surface area contributed by atoms with E-state index in [2.05, 4.69) is 0 Å². The Balaban J connectivity index is 2.25. The number of carboxylic acid groups (broad SMARTS) is 1. The highest BCUT2D eigenvalue weighted by molar-refractivity contribution is 6.30. The second-order valence-electron chi connectivity index (χ2n) is 3.94. The Morgan fingerprint density at radius 2 is 1.44 bits per heavy atom. The molecular weight excluding hydrogens is 250 g/mol. The van der Waals surface area contributed by atoms with Crippen molar-refractivity contribution >= 4 is 17.6 Å². The molecule has 1 atom stereocenters. The summed E-state index contributed by atoms with van der Waals surface area (Å²) in [5.74, 6) is -1.19. The molecule has 0 aliphatic rings. The number of carbonyl (C=O) groups is 1. The topological polar surface area (TPSA) is 66.2 Å². The molecule has 0 heterocycles. The Hall–Kier alpha value is -1.84. The standard InChI is InChI=1S/C14H12ClNO2/c15-12-7-5-10(6-8-12)13(16)9-1-3-11(4-2-9)14(17)18/h1-8,13H,16H2,(H,17,18)/p-1. The minimum atomic E-state index is -1.19. The molecule has 2 aromatic rings. The third-order valence-corrected chi connectivity index (χ3v) is 2.99. The van der Waals surface area contributed by atoms with Crippen LogP contribution in [-0.4, -0.2) is 5.97 Å². The van der Waals surface area contributed by atoms with E-state index >= 15 is 0 Å². The van der Waals surface area contributed by atoms with Crippen LogP contribution in [0, 0.1) is 0 Å². The van der Waals surface area contributed by atoms with E-state index in [0.717, 1.165) is 11.1 Å². The number of carbonyl (C=O) groups excluding carboxylic acids is 1. The second kappa shape index (κ2) is 5.21. The van der Waals surface area contributed by atoms with Gasteiger partial charge in [0.05, 0.1) is 12.0 Å². The van der Waals surface area contributed by atoms with Crippen LogP contribution in [-0.2, 0) is 0 Å². The quantitative estimate of drug-likeness (QED) is 0.914. The van der Waals surface area contributed by atoms with Crippen LogP contribution < -0.4 is 10.8 Å². The number of halogens is 1. The average molecular weight is 261 g/mol. The van der Waals surface area contributed by atoms with Crippen LogP contribution in [0.2, 0.25) is 5.02 Å². The number of nitrogens with two attached hydrogens (primary N) is 1. The van der Waals surface area contributed by atoms with Crippen LogP contribution in [0.4, 0.5) is 0 Å². The van der Waals surface area contributed by atoms with Gasteiger partial charge in [0.2, 0.25) is 0 Å². The van der Waals surface area contributed by atoms with Gasteiger partial charge >= 0.3 is 0 Å². The number of rotatable bonds is 3. The lowest BCUT2D eigenvalue weighted by atomic mass is 9.99. The van der Waals surface area contributed by atoms with Gasteiger partial charge < -0.3 is 15.6 Å². The van der Waals surface area contributed by atoms with Crippen molar-refractivity contribution in [3.05, 3.63) is 70.2 Å². The van der Waals surface area contributed by atoms with Crippen LogP contribution in [0.3, 0.4) is 0 Å². The summed E-state index contributed by atoms with van der Waals surface area (Å²) < 4.78 is 0. The highest BCUT2D eigenvalue weighted by atomic mass is 35.5. The molecular formula is C14H11ClNO2-. The van der Waals surface area contributed by atoms with Crippen molar-refractivity contribution in [2.45, 2.75) is 6.04 Å². The predicted octanol–water partition coefficient (Wildman–Crippen LogP) is 1.75. The second-order valence-corrected chi connectivity index (χ2v) is 4.38. The lowest BCUT2D eigenvalue weighted by Crippen LogP contribution is -2.22. The van der Waals surface area contributed by atoms with Crippen molar-refractivity contribution in [1.82, 2.24) is 0 Å². The Morgan fingerprint density at radius 1 is 1.00 bits per heavy atom. The molecule has 0 aliphatic heterocycles. The molecule has 18 heavy (non-hydrogen) atoms. The van der Waals surface area contributed by atoms with Crippen molar-refractivity contribution in [2.24, 2.45) is 5.73 Å². The first-order chi connectivity index (χ1) is 8.58. The van der Waals surface area contributed by atoms with Gasteiger partial charge in [-0.05, 0) is 28.8 Å². The third-order valence-electron chi connectivity index (χ3n) is 2.73. The largest absolute Gasteiger partial charge is 0.545 e. The smallest absolute Gasteiger partial charge is 0.0715 e. The number of hydrogen-bond donors (Lipinski definition) is 1. The molecule has 0 fully saturated rings. The van der Waals surface area contributed by atoms with E-state index < -0.39 is 5.97 Å². The van der Waals surface area contributed by atoms with E-state index in [1.165, 1.54) is 12.1 Å². The van der Waals surface area contributed by atoms with Crippen molar-refractivity contribution in [3.8, 4) is 0 Å². The molecule has 92 valence electrons. The monoisotopic (exact) mass is 260 g/mol. The Bertz CT molecular complexity index is 549. The van der Waals surface area contributed by atoms with Crippen LogP contribution in [0.15, 0.2) is 48.5 Å². The van der Waals surface area contributed by atoms with Gasteiger partial charge in [-0.15, -0.1) is 0 Å². The normalized spacial score (nSPS) is 12.1.